The summed E-state index contributed by atoms with van der Waals surface area (Å²) in [6.45, 7) is 16.0. The first kappa shape index (κ1) is 71.7. The van der Waals surface area contributed by atoms with Crippen molar-refractivity contribution in [2.24, 2.45) is 0 Å². The van der Waals surface area contributed by atoms with E-state index in [1.807, 2.05) is 158 Å². The van der Waals surface area contributed by atoms with Gasteiger partial charge in [-0.2, -0.15) is 0 Å². The van der Waals surface area contributed by atoms with Gasteiger partial charge in [0, 0.05) is 40.3 Å². The lowest BCUT2D eigenvalue weighted by molar-refractivity contribution is 0.349. The van der Waals surface area contributed by atoms with Gasteiger partial charge in [0.15, 0.2) is 46.5 Å². The third-order valence-corrected chi connectivity index (χ3v) is 23.5. The molecule has 0 aliphatic heterocycles. The van der Waals surface area contributed by atoms with Gasteiger partial charge in [0.2, 0.25) is 0 Å². The van der Waals surface area contributed by atoms with Crippen LogP contribution < -0.4 is 19.3 Å². The van der Waals surface area contributed by atoms with E-state index < -0.39 is 96.6 Å². The highest BCUT2D eigenvalue weighted by atomic mass is 19.2. The molecule has 0 heterocycles. The number of rotatable bonds is 16. The Bertz CT molecular complexity index is 5810. The summed E-state index contributed by atoms with van der Waals surface area (Å²) in [5, 5.41) is 0. The predicted molar refractivity (Wildman–Crippen MR) is 426 cm³/mol. The van der Waals surface area contributed by atoms with Crippen molar-refractivity contribution >= 4 is 46.3 Å². The van der Waals surface area contributed by atoms with Gasteiger partial charge in [0.1, 0.15) is 46.0 Å². The molecule has 113 heavy (non-hydrogen) atoms. The Hall–Kier alpha value is -12.9. The maximum Gasteiger partial charge on any atom is 0.186 e. The van der Waals surface area contributed by atoms with Crippen LogP contribution in [0.25, 0.3) is 34.4 Å². The Balaban J connectivity index is 0.820. The number of ether oxygens (including phenoxy) is 2. The Morgan fingerprint density at radius 3 is 0.903 bits per heavy atom. The fraction of sp³-hybridized carbons (Fsp3) is 0.111. The molecule has 4 nitrogen and oxygen atoms in total. The zero-order chi connectivity index (χ0) is 78.4. The second-order valence-corrected chi connectivity index (χ2v) is 30.8. The van der Waals surface area contributed by atoms with Gasteiger partial charge in [-0.05, 0) is 245 Å². The molecule has 14 aromatic carbocycles. The van der Waals surface area contributed by atoms with Crippen molar-refractivity contribution in [1.29, 1.82) is 0 Å². The Morgan fingerprint density at radius 1 is 0.292 bits per heavy atom. The smallest absolute Gasteiger partial charge is 0.186 e. The molecule has 0 aromatic heterocycles. The molecular weight excluding hydrogens is 1440 g/mol. The van der Waals surface area contributed by atoms with Gasteiger partial charge >= 0.3 is 0 Å². The zero-order valence-corrected chi connectivity index (χ0v) is 61.5. The van der Waals surface area contributed by atoms with Crippen LogP contribution in [0.3, 0.4) is 0 Å². The molecule has 0 radical (unpaired) electrons. The van der Waals surface area contributed by atoms with Crippen LogP contribution in [0.5, 0.6) is 23.0 Å². The molecule has 0 saturated carbocycles. The first-order valence-corrected chi connectivity index (χ1v) is 37.0. The van der Waals surface area contributed by atoms with Crippen molar-refractivity contribution in [2.45, 2.75) is 67.6 Å². The summed E-state index contributed by atoms with van der Waals surface area (Å²) >= 11 is 0. The topological polar surface area (TPSA) is 24.9 Å². The molecule has 1 spiro atoms. The minimum Gasteiger partial charge on any atom is -0.457 e. The van der Waals surface area contributed by atoms with E-state index in [0.29, 0.717) is 91.5 Å². The van der Waals surface area contributed by atoms with Gasteiger partial charge in [-0.3, -0.25) is 0 Å². The minimum absolute atomic E-state index is 0.0780. The van der Waals surface area contributed by atoms with Crippen LogP contribution in [-0.2, 0) is 27.1 Å². The third-order valence-electron chi connectivity index (χ3n) is 23.5. The van der Waals surface area contributed by atoms with Crippen LogP contribution in [0, 0.1) is 58.2 Å². The fourth-order valence-corrected chi connectivity index (χ4v) is 18.9. The van der Waals surface area contributed by atoms with Crippen LogP contribution in [0.2, 0.25) is 0 Å². The molecule has 4 aliphatic carbocycles. The summed E-state index contributed by atoms with van der Waals surface area (Å²) in [6, 6.07) is 78.6. The van der Waals surface area contributed by atoms with E-state index in [9.17, 15) is 0 Å². The molecule has 0 saturated heterocycles. The predicted octanol–water partition coefficient (Wildman–Crippen LogP) is 27.3. The van der Waals surface area contributed by atoms with E-state index in [4.69, 9.17) is 9.47 Å². The summed E-state index contributed by atoms with van der Waals surface area (Å²) < 4.78 is 179. The highest BCUT2D eigenvalue weighted by Gasteiger charge is 2.57. The van der Waals surface area contributed by atoms with Crippen LogP contribution in [0.1, 0.15) is 118 Å². The van der Waals surface area contributed by atoms with Crippen molar-refractivity contribution in [2.75, 3.05) is 9.80 Å². The quantitative estimate of drug-likeness (QED) is 0.0711. The highest BCUT2D eigenvalue weighted by molar-refractivity contribution is 5.92. The van der Waals surface area contributed by atoms with Gasteiger partial charge < -0.3 is 19.3 Å². The van der Waals surface area contributed by atoms with Gasteiger partial charge in [-0.25, -0.2) is 43.9 Å². The van der Waals surface area contributed by atoms with Gasteiger partial charge in [-0.1, -0.05) is 199 Å². The van der Waals surface area contributed by atoms with Gasteiger partial charge in [0.05, 0.1) is 10.8 Å². The number of benzene rings is 14. The molecule has 2 unspecified atom stereocenters. The van der Waals surface area contributed by atoms with Gasteiger partial charge in [0.25, 0.3) is 0 Å². The number of hydrogen-bond acceptors (Lipinski definition) is 4. The molecule has 2 atom stereocenters. The number of fused-ring (bicyclic) bond motifs is 10. The molecule has 0 fully saturated rings. The Morgan fingerprint density at radius 2 is 0.575 bits per heavy atom. The monoisotopic (exact) mass is 1510 g/mol. The first-order chi connectivity index (χ1) is 54.4. The first-order valence-electron chi connectivity index (χ1n) is 37.0. The van der Waals surface area contributed by atoms with E-state index in [2.05, 4.69) is 40.9 Å². The molecule has 556 valence electrons. The minimum atomic E-state index is -1.69. The second-order valence-electron chi connectivity index (χ2n) is 30.8. The Labute approximate surface area is 647 Å². The molecule has 4 aliphatic rings. The van der Waals surface area contributed by atoms with Crippen molar-refractivity contribution in [3.8, 4) is 45.3 Å². The molecule has 14 aromatic rings. The highest BCUT2D eigenvalue weighted by Crippen LogP contribution is 2.66. The molecule has 0 amide bonds. The lowest BCUT2D eigenvalue weighted by Crippen LogP contribution is -2.29. The lowest BCUT2D eigenvalue weighted by atomic mass is 9.67. The van der Waals surface area contributed by atoms with Crippen molar-refractivity contribution in [1.82, 2.24) is 0 Å². The Kier molecular flexibility index (Phi) is 16.9. The van der Waals surface area contributed by atoms with E-state index in [1.165, 1.54) is 34.1 Å². The van der Waals surface area contributed by atoms with Crippen molar-refractivity contribution < 1.29 is 53.4 Å². The van der Waals surface area contributed by atoms with E-state index >= 15 is 43.9 Å². The van der Waals surface area contributed by atoms with Crippen LogP contribution in [0.15, 0.2) is 292 Å². The van der Waals surface area contributed by atoms with Crippen LogP contribution in [0.4, 0.5) is 78.0 Å². The molecule has 0 bridgehead atoms. The summed E-state index contributed by atoms with van der Waals surface area (Å²) in [5.74, 6) is -12.3. The summed E-state index contributed by atoms with van der Waals surface area (Å²) in [6.07, 6.45) is 4.20. The molecule has 0 N–H and O–H groups in total. The standard InChI is InChI=1S/C99H68F10N2O2/c1-7-57-17-37-69(38-18-57)112-71-41-25-61(26-42-71)98(59-21-29-63(100)30-22-59)77-15-11-9-13-73(77)75-45-33-65(49-81(75)98)110(93-89(106)85(102)53-86(103)90(93)107)67-35-47-79-83(51-67)97(55-95(79,3)4)56-96(5,6)80-48-36-68(52-84(80)97)111(94-91(108)87(104)54-88(105)92(94)109)66-34-46-76-74-14-10-12-16-78(74)99(82(76)50-66,60-23-31-64(101)32-24-60)62-27-43-72(44-28-62)113-70-39-19-58(8-2)20-40-70/h7-54H,1-2,55-56H2,3-6H3. The largest absolute Gasteiger partial charge is 0.457 e. The van der Waals surface area contributed by atoms with Crippen molar-refractivity contribution in [3.05, 3.63) is 428 Å². The second kappa shape index (κ2) is 26.6. The number of anilines is 6. The fourth-order valence-electron chi connectivity index (χ4n) is 18.9. The van der Waals surface area contributed by atoms with E-state index in [1.54, 1.807) is 97.1 Å². The number of halogens is 10. The molecule has 14 heteroatoms. The number of hydrogen-bond donors (Lipinski definition) is 0. The van der Waals surface area contributed by atoms with Crippen molar-refractivity contribution in [3.63, 3.8) is 0 Å². The average molecular weight is 1510 g/mol. The molecule has 18 rings (SSSR count). The molecular formula is C99H68F10N2O2. The van der Waals surface area contributed by atoms with Gasteiger partial charge in [-0.15, -0.1) is 0 Å². The maximum atomic E-state index is 17.5. The third kappa shape index (κ3) is 11.2. The summed E-state index contributed by atoms with van der Waals surface area (Å²) in [7, 11) is 0. The van der Waals surface area contributed by atoms with E-state index in [-0.39, 0.29) is 34.9 Å². The van der Waals surface area contributed by atoms with E-state index in [0.717, 1.165) is 44.5 Å². The number of nitrogens with zero attached hydrogens (tertiary/aromatic N) is 2. The average Bonchev–Trinajstić information content (AvgIpc) is 1.52. The summed E-state index contributed by atoms with van der Waals surface area (Å²) in [5.41, 5.74) is 6.14. The summed E-state index contributed by atoms with van der Waals surface area (Å²) in [4.78, 5) is 2.35. The SMILES string of the molecule is C=Cc1ccc(Oc2ccc(C3(c4ccc(F)cc4)c4ccccc4-c4ccc(N(c5ccc6c(c5)C5(CC6(C)C)CC(C)(C)c6ccc(N(c7ccc8c(c7)C(c7ccc(F)cc7)(c7ccc(Oc9ccc(C=C)cc9)cc7)c7ccccc7-8)c7c(F)c(F)cc(F)c7F)cc65)c5c(F)c(F)cc(F)c5F)cc43)cc2)cc1. The van der Waals surface area contributed by atoms with Crippen LogP contribution in [-0.4, -0.2) is 0 Å². The normalized spacial score (nSPS) is 17.5. The lowest BCUT2D eigenvalue weighted by Gasteiger charge is -2.35. The van der Waals surface area contributed by atoms with Crippen LogP contribution >= 0.6 is 0 Å². The zero-order valence-electron chi connectivity index (χ0n) is 61.5. The maximum absolute atomic E-state index is 17.5.